The second kappa shape index (κ2) is 8.05. The Morgan fingerprint density at radius 2 is 2.13 bits per heavy atom. The molecule has 0 aliphatic rings. The molecule has 0 aromatic heterocycles. The predicted molar refractivity (Wildman–Crippen MR) is 68.1 cm³/mol. The lowest BCUT2D eigenvalue weighted by Gasteiger charge is -2.21. The summed E-state index contributed by atoms with van der Waals surface area (Å²) in [5.41, 5.74) is 0. The predicted octanol–water partition coefficient (Wildman–Crippen LogP) is 2.26. The highest BCUT2D eigenvalue weighted by Gasteiger charge is 2.17. The van der Waals surface area contributed by atoms with E-state index in [4.69, 9.17) is 0 Å². The fourth-order valence-electron chi connectivity index (χ4n) is 1.19. The smallest absolute Gasteiger partial charge is 0.220 e. The van der Waals surface area contributed by atoms with E-state index in [-0.39, 0.29) is 17.2 Å². The van der Waals surface area contributed by atoms with Crippen LogP contribution in [0.1, 0.15) is 33.1 Å². The Kier molecular flexibility index (Phi) is 7.96. The number of carbonyl (C=O) groups is 2. The van der Waals surface area contributed by atoms with Crippen molar-refractivity contribution in [2.75, 3.05) is 12.8 Å². The molecule has 0 saturated heterocycles. The fraction of sp³-hybridized carbons (Fsp3) is 0.800. The summed E-state index contributed by atoms with van der Waals surface area (Å²) >= 11 is 0. The molecule has 0 bridgehead atoms. The maximum absolute atomic E-state index is 11.2. The van der Waals surface area contributed by atoms with Crippen molar-refractivity contribution in [3.63, 3.8) is 0 Å². The van der Waals surface area contributed by atoms with Crippen LogP contribution in [-0.2, 0) is 9.59 Å². The molecule has 15 heavy (non-hydrogen) atoms. The molecule has 5 heteroatoms. The minimum absolute atomic E-state index is 0.0351. The molecule has 0 aliphatic heterocycles. The molecule has 0 aromatic carbocycles. The maximum atomic E-state index is 11.2. The first-order chi connectivity index (χ1) is 7.02. The SMILES string of the molecule is CSSC(C)(C)CCCC(=O)NCC=O. The van der Waals surface area contributed by atoms with Crippen molar-refractivity contribution < 1.29 is 9.59 Å². The Morgan fingerprint density at radius 3 is 2.67 bits per heavy atom. The molecule has 0 unspecified atom stereocenters. The summed E-state index contributed by atoms with van der Waals surface area (Å²) in [4.78, 5) is 21.2. The van der Waals surface area contributed by atoms with Gasteiger partial charge in [0.15, 0.2) is 0 Å². The average Bonchev–Trinajstić information content (AvgIpc) is 2.14. The first-order valence-corrected chi connectivity index (χ1v) is 7.50. The number of amides is 1. The fourth-order valence-corrected chi connectivity index (χ4v) is 3.47. The quantitative estimate of drug-likeness (QED) is 0.529. The molecule has 0 radical (unpaired) electrons. The lowest BCUT2D eigenvalue weighted by molar-refractivity contribution is -0.122. The summed E-state index contributed by atoms with van der Waals surface area (Å²) in [7, 11) is 3.58. The summed E-state index contributed by atoms with van der Waals surface area (Å²) in [6, 6.07) is 0. The van der Waals surface area contributed by atoms with E-state index in [0.717, 1.165) is 12.8 Å². The van der Waals surface area contributed by atoms with Crippen LogP contribution in [0.25, 0.3) is 0 Å². The summed E-state index contributed by atoms with van der Waals surface area (Å²) < 4.78 is 0.213. The number of carbonyl (C=O) groups excluding carboxylic acids is 2. The minimum Gasteiger partial charge on any atom is -0.349 e. The van der Waals surface area contributed by atoms with E-state index in [1.54, 1.807) is 10.8 Å². The number of hydrogen-bond donors (Lipinski definition) is 1. The van der Waals surface area contributed by atoms with Gasteiger partial charge in [0.1, 0.15) is 6.29 Å². The second-order valence-electron chi connectivity index (χ2n) is 3.83. The van der Waals surface area contributed by atoms with Crippen LogP contribution in [0.3, 0.4) is 0 Å². The van der Waals surface area contributed by atoms with Gasteiger partial charge in [-0.05, 0) is 32.9 Å². The van der Waals surface area contributed by atoms with Gasteiger partial charge in [0, 0.05) is 11.2 Å². The molecule has 0 rings (SSSR count). The third-order valence-electron chi connectivity index (χ3n) is 1.87. The van der Waals surface area contributed by atoms with Gasteiger partial charge in [0.05, 0.1) is 6.54 Å². The molecule has 0 aliphatic carbocycles. The zero-order valence-electron chi connectivity index (χ0n) is 9.54. The minimum atomic E-state index is -0.0351. The molecule has 0 aromatic rings. The van der Waals surface area contributed by atoms with E-state index in [2.05, 4.69) is 25.4 Å². The Balaban J connectivity index is 3.59. The summed E-state index contributed by atoms with van der Waals surface area (Å²) in [6.45, 7) is 4.48. The lowest BCUT2D eigenvalue weighted by atomic mass is 10.1. The standard InChI is InChI=1S/C10H19NO2S2/c1-10(2,15-14-3)6-4-5-9(13)11-7-8-12/h8H,4-7H2,1-3H3,(H,11,13). The first kappa shape index (κ1) is 14.8. The van der Waals surface area contributed by atoms with Gasteiger partial charge in [-0.15, -0.1) is 0 Å². The van der Waals surface area contributed by atoms with E-state index in [9.17, 15) is 9.59 Å². The van der Waals surface area contributed by atoms with E-state index in [1.807, 2.05) is 10.8 Å². The summed E-state index contributed by atoms with van der Waals surface area (Å²) in [6.07, 6.45) is 5.14. The normalized spacial score (nSPS) is 11.1. The van der Waals surface area contributed by atoms with Gasteiger partial charge in [0.2, 0.25) is 5.91 Å². The van der Waals surface area contributed by atoms with Crippen molar-refractivity contribution in [2.24, 2.45) is 0 Å². The molecule has 0 heterocycles. The van der Waals surface area contributed by atoms with Crippen LogP contribution in [0.4, 0.5) is 0 Å². The van der Waals surface area contributed by atoms with Gasteiger partial charge in [-0.3, -0.25) is 4.79 Å². The van der Waals surface area contributed by atoms with Crippen molar-refractivity contribution >= 4 is 33.8 Å². The van der Waals surface area contributed by atoms with Crippen LogP contribution in [-0.4, -0.2) is 29.7 Å². The highest BCUT2D eigenvalue weighted by molar-refractivity contribution is 8.76. The highest BCUT2D eigenvalue weighted by Crippen LogP contribution is 2.37. The van der Waals surface area contributed by atoms with Gasteiger partial charge < -0.3 is 10.1 Å². The van der Waals surface area contributed by atoms with Crippen LogP contribution in [0, 0.1) is 0 Å². The Hall–Kier alpha value is -0.160. The molecular weight excluding hydrogens is 230 g/mol. The van der Waals surface area contributed by atoms with Crippen molar-refractivity contribution in [3.05, 3.63) is 0 Å². The van der Waals surface area contributed by atoms with Gasteiger partial charge >= 0.3 is 0 Å². The Labute approximate surface area is 99.5 Å². The molecule has 1 amide bonds. The molecular formula is C10H19NO2S2. The molecule has 0 atom stereocenters. The van der Waals surface area contributed by atoms with Gasteiger partial charge in [-0.1, -0.05) is 21.6 Å². The third kappa shape index (κ3) is 8.81. The van der Waals surface area contributed by atoms with E-state index >= 15 is 0 Å². The third-order valence-corrected chi connectivity index (χ3v) is 4.55. The molecule has 88 valence electrons. The monoisotopic (exact) mass is 249 g/mol. The zero-order valence-corrected chi connectivity index (χ0v) is 11.2. The second-order valence-corrected chi connectivity index (χ2v) is 6.94. The molecule has 0 fully saturated rings. The summed E-state index contributed by atoms with van der Waals surface area (Å²) in [5.74, 6) is -0.0351. The van der Waals surface area contributed by atoms with Crippen LogP contribution in [0.5, 0.6) is 0 Å². The highest BCUT2D eigenvalue weighted by atomic mass is 33.1. The molecule has 3 nitrogen and oxygen atoms in total. The number of rotatable bonds is 8. The average molecular weight is 249 g/mol. The zero-order chi connectivity index (χ0) is 11.7. The van der Waals surface area contributed by atoms with Crippen LogP contribution in [0.2, 0.25) is 0 Å². The number of aldehydes is 1. The van der Waals surface area contributed by atoms with Crippen molar-refractivity contribution in [2.45, 2.75) is 37.9 Å². The van der Waals surface area contributed by atoms with Crippen LogP contribution in [0.15, 0.2) is 0 Å². The Morgan fingerprint density at radius 1 is 1.47 bits per heavy atom. The van der Waals surface area contributed by atoms with E-state index in [0.29, 0.717) is 12.7 Å². The molecule has 0 saturated carbocycles. The summed E-state index contributed by atoms with van der Waals surface area (Å²) in [5, 5.41) is 2.53. The van der Waals surface area contributed by atoms with Gasteiger partial charge in [-0.2, -0.15) is 0 Å². The lowest BCUT2D eigenvalue weighted by Crippen LogP contribution is -2.25. The maximum Gasteiger partial charge on any atom is 0.220 e. The van der Waals surface area contributed by atoms with Crippen molar-refractivity contribution in [1.29, 1.82) is 0 Å². The van der Waals surface area contributed by atoms with E-state index < -0.39 is 0 Å². The largest absolute Gasteiger partial charge is 0.349 e. The van der Waals surface area contributed by atoms with Gasteiger partial charge in [0.25, 0.3) is 0 Å². The first-order valence-electron chi connectivity index (χ1n) is 4.94. The van der Waals surface area contributed by atoms with E-state index in [1.165, 1.54) is 0 Å². The van der Waals surface area contributed by atoms with Crippen molar-refractivity contribution in [1.82, 2.24) is 5.32 Å². The molecule has 0 spiro atoms. The van der Waals surface area contributed by atoms with Crippen molar-refractivity contribution in [3.8, 4) is 0 Å². The number of hydrogen-bond acceptors (Lipinski definition) is 4. The number of nitrogens with one attached hydrogen (secondary N) is 1. The van der Waals surface area contributed by atoms with Crippen LogP contribution >= 0.6 is 21.6 Å². The molecule has 1 N–H and O–H groups in total. The Bertz CT molecular complexity index is 208. The van der Waals surface area contributed by atoms with Crippen LogP contribution < -0.4 is 5.32 Å². The topological polar surface area (TPSA) is 46.2 Å². The van der Waals surface area contributed by atoms with Gasteiger partial charge in [-0.25, -0.2) is 0 Å².